The Morgan fingerprint density at radius 2 is 1.94 bits per heavy atom. The maximum Gasteiger partial charge on any atom is 0.120 e. The van der Waals surface area contributed by atoms with Crippen molar-refractivity contribution in [2.45, 2.75) is 51.7 Å². The second-order valence-corrected chi connectivity index (χ2v) is 6.08. The van der Waals surface area contributed by atoms with Gasteiger partial charge in [-0.15, -0.1) is 0 Å². The highest BCUT2D eigenvalue weighted by molar-refractivity contribution is 5.22. The second-order valence-electron chi connectivity index (χ2n) is 6.08. The Labute approximate surface area is 110 Å². The van der Waals surface area contributed by atoms with Gasteiger partial charge >= 0.3 is 0 Å². The quantitative estimate of drug-likeness (QED) is 0.885. The van der Waals surface area contributed by atoms with E-state index in [9.17, 15) is 5.11 Å². The summed E-state index contributed by atoms with van der Waals surface area (Å²) in [5.74, 6) is 1.86. The highest BCUT2D eigenvalue weighted by Gasteiger charge is 2.39. The van der Waals surface area contributed by atoms with Crippen LogP contribution in [0.15, 0.2) is 30.3 Å². The molecule has 1 fully saturated rings. The summed E-state index contributed by atoms with van der Waals surface area (Å²) >= 11 is 0. The van der Waals surface area contributed by atoms with Crippen molar-refractivity contribution in [2.24, 2.45) is 11.8 Å². The first-order valence-electron chi connectivity index (χ1n) is 6.92. The van der Waals surface area contributed by atoms with E-state index in [1.165, 1.54) is 0 Å². The summed E-state index contributed by atoms with van der Waals surface area (Å²) in [6.45, 7) is 6.49. The molecule has 0 saturated heterocycles. The topological polar surface area (TPSA) is 29.5 Å². The standard InChI is InChI=1S/C16H24O2/c1-12(2)14-9-10-16(3,11-15(14)17)18-13-7-5-4-6-8-13/h4-8,12,14-15,17H,9-11H2,1-3H3. The first kappa shape index (κ1) is 13.4. The van der Waals surface area contributed by atoms with Gasteiger partial charge in [-0.1, -0.05) is 32.0 Å². The molecule has 1 aliphatic rings. The summed E-state index contributed by atoms with van der Waals surface area (Å²) in [7, 11) is 0. The molecule has 0 heterocycles. The van der Waals surface area contributed by atoms with Crippen LogP contribution in [0.3, 0.4) is 0 Å². The summed E-state index contributed by atoms with van der Waals surface area (Å²) in [6.07, 6.45) is 2.54. The molecule has 0 bridgehead atoms. The van der Waals surface area contributed by atoms with Crippen molar-refractivity contribution in [1.29, 1.82) is 0 Å². The molecule has 1 saturated carbocycles. The van der Waals surface area contributed by atoms with Crippen LogP contribution in [0.2, 0.25) is 0 Å². The molecule has 1 N–H and O–H groups in total. The number of hydrogen-bond donors (Lipinski definition) is 1. The maximum absolute atomic E-state index is 10.3. The first-order valence-corrected chi connectivity index (χ1v) is 6.92. The van der Waals surface area contributed by atoms with E-state index in [1.807, 2.05) is 30.3 Å². The number of aliphatic hydroxyl groups excluding tert-OH is 1. The predicted octanol–water partition coefficient (Wildman–Crippen LogP) is 3.64. The number of rotatable bonds is 3. The largest absolute Gasteiger partial charge is 0.487 e. The van der Waals surface area contributed by atoms with Gasteiger partial charge in [-0.2, -0.15) is 0 Å². The van der Waals surface area contributed by atoms with E-state index in [2.05, 4.69) is 20.8 Å². The second kappa shape index (κ2) is 5.31. The van der Waals surface area contributed by atoms with Crippen molar-refractivity contribution in [3.63, 3.8) is 0 Å². The molecule has 3 atom stereocenters. The van der Waals surface area contributed by atoms with Gasteiger partial charge in [0.05, 0.1) is 6.10 Å². The Hall–Kier alpha value is -1.02. The monoisotopic (exact) mass is 248 g/mol. The van der Waals surface area contributed by atoms with Crippen molar-refractivity contribution in [2.75, 3.05) is 0 Å². The van der Waals surface area contributed by atoms with Crippen LogP contribution in [0.5, 0.6) is 5.75 Å². The number of aliphatic hydroxyl groups is 1. The third kappa shape index (κ3) is 3.05. The van der Waals surface area contributed by atoms with Crippen molar-refractivity contribution < 1.29 is 9.84 Å². The third-order valence-electron chi connectivity index (χ3n) is 4.11. The Kier molecular flexibility index (Phi) is 3.96. The smallest absolute Gasteiger partial charge is 0.120 e. The molecule has 18 heavy (non-hydrogen) atoms. The van der Waals surface area contributed by atoms with Gasteiger partial charge in [0.2, 0.25) is 0 Å². The van der Waals surface area contributed by atoms with Crippen LogP contribution in [0, 0.1) is 11.8 Å². The highest BCUT2D eigenvalue weighted by Crippen LogP contribution is 2.38. The zero-order valence-electron chi connectivity index (χ0n) is 11.6. The average molecular weight is 248 g/mol. The maximum atomic E-state index is 10.3. The van der Waals surface area contributed by atoms with E-state index >= 15 is 0 Å². The molecule has 100 valence electrons. The molecule has 1 aliphatic carbocycles. The van der Waals surface area contributed by atoms with Crippen LogP contribution in [-0.2, 0) is 0 Å². The van der Waals surface area contributed by atoms with Gasteiger partial charge in [0.25, 0.3) is 0 Å². The number of hydrogen-bond acceptors (Lipinski definition) is 2. The summed E-state index contributed by atoms with van der Waals surface area (Å²) in [5.41, 5.74) is -0.230. The van der Waals surface area contributed by atoms with Gasteiger partial charge in [0, 0.05) is 6.42 Å². The van der Waals surface area contributed by atoms with Gasteiger partial charge in [0.1, 0.15) is 11.4 Å². The van der Waals surface area contributed by atoms with Gasteiger partial charge in [0.15, 0.2) is 0 Å². The van der Waals surface area contributed by atoms with Crippen molar-refractivity contribution >= 4 is 0 Å². The fourth-order valence-electron chi connectivity index (χ4n) is 3.00. The van der Waals surface area contributed by atoms with Gasteiger partial charge in [-0.3, -0.25) is 0 Å². The van der Waals surface area contributed by atoms with Gasteiger partial charge in [-0.25, -0.2) is 0 Å². The lowest BCUT2D eigenvalue weighted by atomic mass is 9.73. The summed E-state index contributed by atoms with van der Waals surface area (Å²) in [5, 5.41) is 10.3. The molecular weight excluding hydrogens is 224 g/mol. The lowest BCUT2D eigenvalue weighted by Crippen LogP contribution is -2.45. The molecule has 3 unspecified atom stereocenters. The molecule has 0 radical (unpaired) electrons. The molecule has 2 rings (SSSR count). The number of para-hydroxylation sites is 1. The van der Waals surface area contributed by atoms with Crippen LogP contribution in [0.1, 0.15) is 40.0 Å². The van der Waals surface area contributed by atoms with Crippen molar-refractivity contribution in [3.8, 4) is 5.75 Å². The molecule has 1 aromatic carbocycles. The minimum absolute atomic E-state index is 0.230. The zero-order chi connectivity index (χ0) is 13.2. The Balaban J connectivity index is 2.02. The third-order valence-corrected chi connectivity index (χ3v) is 4.11. The van der Waals surface area contributed by atoms with E-state index in [1.54, 1.807) is 0 Å². The Morgan fingerprint density at radius 1 is 1.28 bits per heavy atom. The Bertz CT molecular complexity index is 374. The minimum atomic E-state index is -0.243. The SMILES string of the molecule is CC(C)C1CCC(C)(Oc2ccccc2)CC1O. The van der Waals surface area contributed by atoms with E-state index in [-0.39, 0.29) is 11.7 Å². The molecule has 0 amide bonds. The van der Waals surface area contributed by atoms with Gasteiger partial charge < -0.3 is 9.84 Å². The normalized spacial score (nSPS) is 32.5. The molecular formula is C16H24O2. The summed E-state index contributed by atoms with van der Waals surface area (Å²) in [4.78, 5) is 0. The van der Waals surface area contributed by atoms with Crippen LogP contribution in [0.25, 0.3) is 0 Å². The molecule has 0 aromatic heterocycles. The van der Waals surface area contributed by atoms with Crippen LogP contribution >= 0.6 is 0 Å². The fraction of sp³-hybridized carbons (Fsp3) is 0.625. The van der Waals surface area contributed by atoms with Crippen LogP contribution in [-0.4, -0.2) is 16.8 Å². The first-order chi connectivity index (χ1) is 8.50. The number of ether oxygens (including phenoxy) is 1. The van der Waals surface area contributed by atoms with E-state index in [0.717, 1.165) is 25.0 Å². The van der Waals surface area contributed by atoms with E-state index < -0.39 is 0 Å². The molecule has 0 spiro atoms. The predicted molar refractivity (Wildman–Crippen MR) is 73.7 cm³/mol. The Morgan fingerprint density at radius 3 is 2.50 bits per heavy atom. The number of benzene rings is 1. The van der Waals surface area contributed by atoms with E-state index in [4.69, 9.17) is 4.74 Å². The fourth-order valence-corrected chi connectivity index (χ4v) is 3.00. The van der Waals surface area contributed by atoms with Crippen LogP contribution in [0.4, 0.5) is 0 Å². The van der Waals surface area contributed by atoms with Crippen molar-refractivity contribution in [1.82, 2.24) is 0 Å². The molecule has 1 aromatic rings. The van der Waals surface area contributed by atoms with Crippen molar-refractivity contribution in [3.05, 3.63) is 30.3 Å². The lowest BCUT2D eigenvalue weighted by molar-refractivity contribution is -0.0542. The molecule has 2 heteroatoms. The zero-order valence-corrected chi connectivity index (χ0v) is 11.6. The minimum Gasteiger partial charge on any atom is -0.487 e. The highest BCUT2D eigenvalue weighted by atomic mass is 16.5. The van der Waals surface area contributed by atoms with E-state index in [0.29, 0.717) is 11.8 Å². The summed E-state index contributed by atoms with van der Waals surface area (Å²) in [6, 6.07) is 9.90. The summed E-state index contributed by atoms with van der Waals surface area (Å²) < 4.78 is 6.08. The average Bonchev–Trinajstić information content (AvgIpc) is 2.29. The molecule has 0 aliphatic heterocycles. The van der Waals surface area contributed by atoms with Gasteiger partial charge in [-0.05, 0) is 43.7 Å². The molecule has 2 nitrogen and oxygen atoms in total. The lowest BCUT2D eigenvalue weighted by Gasteiger charge is -2.42. The van der Waals surface area contributed by atoms with Crippen LogP contribution < -0.4 is 4.74 Å².